The second-order valence-electron chi connectivity index (χ2n) is 5.45. The van der Waals surface area contributed by atoms with E-state index < -0.39 is 6.04 Å². The molecule has 0 aliphatic carbocycles. The molecule has 0 bridgehead atoms. The molecular formula is C17H17Cl2N3O2. The Morgan fingerprint density at radius 1 is 1.25 bits per heavy atom. The number of aromatic nitrogens is 1. The third kappa shape index (κ3) is 4.05. The molecule has 1 saturated heterocycles. The average Bonchev–Trinajstić information content (AvgIpc) is 2.59. The first-order valence-corrected chi connectivity index (χ1v) is 8.38. The molecule has 7 heteroatoms. The minimum atomic E-state index is -0.515. The van der Waals surface area contributed by atoms with E-state index in [9.17, 15) is 4.79 Å². The first-order valence-electron chi connectivity index (χ1n) is 7.63. The predicted molar refractivity (Wildman–Crippen MR) is 94.5 cm³/mol. The molecule has 1 atom stereocenters. The van der Waals surface area contributed by atoms with E-state index in [0.717, 1.165) is 5.56 Å². The predicted octanol–water partition coefficient (Wildman–Crippen LogP) is 3.40. The summed E-state index contributed by atoms with van der Waals surface area (Å²) in [4.78, 5) is 19.0. The fourth-order valence-corrected chi connectivity index (χ4v) is 3.22. The van der Waals surface area contributed by atoms with E-state index in [0.29, 0.717) is 42.0 Å². The standard InChI is InChI=1S/C17H17Cl2N3O2/c18-12-3-4-14(15(19)10-12)16(22-6-8-24-9-7-22)17(23)21-13-2-1-5-20-11-13/h1-5,10-11,16H,6-9H2,(H,21,23)/t16-/m1/s1. The third-order valence-electron chi connectivity index (χ3n) is 3.85. The summed E-state index contributed by atoms with van der Waals surface area (Å²) in [7, 11) is 0. The number of carbonyl (C=O) groups is 1. The number of rotatable bonds is 4. The second kappa shape index (κ2) is 7.94. The van der Waals surface area contributed by atoms with Crippen molar-refractivity contribution in [2.45, 2.75) is 6.04 Å². The maximum Gasteiger partial charge on any atom is 0.246 e. The number of nitrogens with one attached hydrogen (secondary N) is 1. The SMILES string of the molecule is O=C(Nc1cccnc1)[C@@H](c1ccc(Cl)cc1Cl)N1CCOCC1. The molecule has 3 rings (SSSR count). The van der Waals surface area contributed by atoms with Crippen molar-refractivity contribution in [3.63, 3.8) is 0 Å². The van der Waals surface area contributed by atoms with E-state index in [1.54, 1.807) is 42.7 Å². The van der Waals surface area contributed by atoms with Gasteiger partial charge in [-0.05, 0) is 29.8 Å². The minimum Gasteiger partial charge on any atom is -0.379 e. The van der Waals surface area contributed by atoms with Gasteiger partial charge < -0.3 is 10.1 Å². The van der Waals surface area contributed by atoms with Gasteiger partial charge in [-0.15, -0.1) is 0 Å². The van der Waals surface area contributed by atoms with Crippen molar-refractivity contribution >= 4 is 34.8 Å². The number of halogens is 2. The molecule has 1 aliphatic heterocycles. The van der Waals surface area contributed by atoms with E-state index >= 15 is 0 Å². The molecule has 0 radical (unpaired) electrons. The lowest BCUT2D eigenvalue weighted by Gasteiger charge is -2.34. The maximum atomic E-state index is 12.9. The number of benzene rings is 1. The number of nitrogens with zero attached hydrogens (tertiary/aromatic N) is 2. The molecule has 1 fully saturated rings. The zero-order valence-corrected chi connectivity index (χ0v) is 14.4. The lowest BCUT2D eigenvalue weighted by atomic mass is 10.0. The topological polar surface area (TPSA) is 54.5 Å². The van der Waals surface area contributed by atoms with Crippen LogP contribution in [-0.2, 0) is 9.53 Å². The number of anilines is 1. The molecule has 2 aromatic rings. The van der Waals surface area contributed by atoms with Crippen molar-refractivity contribution in [1.29, 1.82) is 0 Å². The summed E-state index contributed by atoms with van der Waals surface area (Å²) in [5.74, 6) is -0.158. The highest BCUT2D eigenvalue weighted by atomic mass is 35.5. The Labute approximate surface area is 150 Å². The van der Waals surface area contributed by atoms with Gasteiger partial charge in [-0.1, -0.05) is 29.3 Å². The van der Waals surface area contributed by atoms with Gasteiger partial charge in [0.1, 0.15) is 6.04 Å². The van der Waals surface area contributed by atoms with Crippen molar-refractivity contribution in [3.05, 3.63) is 58.3 Å². The number of amides is 1. The van der Waals surface area contributed by atoms with Crippen LogP contribution in [0, 0.1) is 0 Å². The molecule has 1 aliphatic rings. The fraction of sp³-hybridized carbons (Fsp3) is 0.294. The Morgan fingerprint density at radius 3 is 2.71 bits per heavy atom. The molecule has 126 valence electrons. The Bertz CT molecular complexity index is 706. The van der Waals surface area contributed by atoms with Crippen LogP contribution in [0.25, 0.3) is 0 Å². The van der Waals surface area contributed by atoms with Gasteiger partial charge in [-0.3, -0.25) is 14.7 Å². The normalized spacial score (nSPS) is 16.6. The smallest absolute Gasteiger partial charge is 0.246 e. The summed E-state index contributed by atoms with van der Waals surface area (Å²) in [6, 6.07) is 8.25. The van der Waals surface area contributed by atoms with E-state index in [1.165, 1.54) is 0 Å². The highest BCUT2D eigenvalue weighted by Gasteiger charge is 2.30. The van der Waals surface area contributed by atoms with Crippen molar-refractivity contribution in [2.24, 2.45) is 0 Å². The van der Waals surface area contributed by atoms with Gasteiger partial charge in [0.15, 0.2) is 0 Å². The first-order chi connectivity index (χ1) is 11.6. The molecule has 2 heterocycles. The molecule has 1 aromatic heterocycles. The number of pyridine rings is 1. The van der Waals surface area contributed by atoms with Gasteiger partial charge in [-0.25, -0.2) is 0 Å². The first kappa shape index (κ1) is 17.2. The van der Waals surface area contributed by atoms with Crippen LogP contribution in [0.3, 0.4) is 0 Å². The van der Waals surface area contributed by atoms with Crippen LogP contribution < -0.4 is 5.32 Å². The quantitative estimate of drug-likeness (QED) is 0.901. The van der Waals surface area contributed by atoms with Crippen LogP contribution >= 0.6 is 23.2 Å². The fourth-order valence-electron chi connectivity index (χ4n) is 2.71. The van der Waals surface area contributed by atoms with Gasteiger partial charge in [-0.2, -0.15) is 0 Å². The van der Waals surface area contributed by atoms with Crippen LogP contribution in [0.5, 0.6) is 0 Å². The zero-order valence-electron chi connectivity index (χ0n) is 12.9. The van der Waals surface area contributed by atoms with Crippen molar-refractivity contribution in [3.8, 4) is 0 Å². The number of hydrogen-bond donors (Lipinski definition) is 1. The van der Waals surface area contributed by atoms with Gasteiger partial charge in [0.25, 0.3) is 0 Å². The Morgan fingerprint density at radius 2 is 2.04 bits per heavy atom. The van der Waals surface area contributed by atoms with E-state index in [2.05, 4.69) is 15.2 Å². The van der Waals surface area contributed by atoms with Crippen molar-refractivity contribution in [1.82, 2.24) is 9.88 Å². The molecule has 0 spiro atoms. The summed E-state index contributed by atoms with van der Waals surface area (Å²) in [6.45, 7) is 2.48. The average molecular weight is 366 g/mol. The highest BCUT2D eigenvalue weighted by molar-refractivity contribution is 6.35. The van der Waals surface area contributed by atoms with Crippen LogP contribution in [0.1, 0.15) is 11.6 Å². The Hall–Kier alpha value is -1.66. The third-order valence-corrected chi connectivity index (χ3v) is 4.41. The summed E-state index contributed by atoms with van der Waals surface area (Å²) < 4.78 is 5.40. The van der Waals surface area contributed by atoms with Crippen LogP contribution in [0.2, 0.25) is 10.0 Å². The summed E-state index contributed by atoms with van der Waals surface area (Å²) in [6.07, 6.45) is 3.27. The number of hydrogen-bond acceptors (Lipinski definition) is 4. The largest absolute Gasteiger partial charge is 0.379 e. The summed E-state index contributed by atoms with van der Waals surface area (Å²) in [5.41, 5.74) is 1.37. The molecule has 1 amide bonds. The summed E-state index contributed by atoms with van der Waals surface area (Å²) in [5, 5.41) is 3.92. The van der Waals surface area contributed by atoms with Gasteiger partial charge in [0.2, 0.25) is 5.91 Å². The molecule has 1 aromatic carbocycles. The van der Waals surface area contributed by atoms with E-state index in [-0.39, 0.29) is 5.91 Å². The molecule has 0 unspecified atom stereocenters. The van der Waals surface area contributed by atoms with E-state index in [1.807, 2.05) is 0 Å². The molecule has 1 N–H and O–H groups in total. The van der Waals surface area contributed by atoms with Crippen molar-refractivity contribution in [2.75, 3.05) is 31.6 Å². The van der Waals surface area contributed by atoms with Crippen LogP contribution in [-0.4, -0.2) is 42.1 Å². The molecule has 0 saturated carbocycles. The van der Waals surface area contributed by atoms with Gasteiger partial charge in [0, 0.05) is 29.3 Å². The lowest BCUT2D eigenvalue weighted by Crippen LogP contribution is -2.44. The molecular weight excluding hydrogens is 349 g/mol. The maximum absolute atomic E-state index is 12.9. The van der Waals surface area contributed by atoms with Crippen molar-refractivity contribution < 1.29 is 9.53 Å². The zero-order chi connectivity index (χ0) is 16.9. The van der Waals surface area contributed by atoms with Gasteiger partial charge >= 0.3 is 0 Å². The van der Waals surface area contributed by atoms with Crippen LogP contribution in [0.4, 0.5) is 5.69 Å². The van der Waals surface area contributed by atoms with Gasteiger partial charge in [0.05, 0.1) is 25.1 Å². The lowest BCUT2D eigenvalue weighted by molar-refractivity contribution is -0.123. The highest BCUT2D eigenvalue weighted by Crippen LogP contribution is 2.31. The number of carbonyl (C=O) groups excluding carboxylic acids is 1. The molecule has 5 nitrogen and oxygen atoms in total. The van der Waals surface area contributed by atoms with E-state index in [4.69, 9.17) is 27.9 Å². The Balaban J connectivity index is 1.90. The van der Waals surface area contributed by atoms with Crippen LogP contribution in [0.15, 0.2) is 42.7 Å². The second-order valence-corrected chi connectivity index (χ2v) is 6.29. The minimum absolute atomic E-state index is 0.158. The molecule has 24 heavy (non-hydrogen) atoms. The summed E-state index contributed by atoms with van der Waals surface area (Å²) >= 11 is 12.3. The number of morpholine rings is 1. The number of ether oxygens (including phenoxy) is 1. The Kier molecular flexibility index (Phi) is 5.68. The monoisotopic (exact) mass is 365 g/mol.